The lowest BCUT2D eigenvalue weighted by atomic mass is 9.99. The van der Waals surface area contributed by atoms with Crippen molar-refractivity contribution in [3.63, 3.8) is 0 Å². The van der Waals surface area contributed by atoms with Crippen molar-refractivity contribution in [3.8, 4) is 11.3 Å². The third-order valence-corrected chi connectivity index (χ3v) is 6.04. The fourth-order valence-electron chi connectivity index (χ4n) is 4.06. The molecule has 1 unspecified atom stereocenters. The summed E-state index contributed by atoms with van der Waals surface area (Å²) in [7, 11) is 1.69. The fourth-order valence-corrected chi connectivity index (χ4v) is 4.06. The van der Waals surface area contributed by atoms with Crippen molar-refractivity contribution in [2.24, 2.45) is 7.05 Å². The second-order valence-electron chi connectivity index (χ2n) is 8.39. The number of aromatic nitrogens is 4. The van der Waals surface area contributed by atoms with Gasteiger partial charge in [0.1, 0.15) is 28.9 Å². The van der Waals surface area contributed by atoms with E-state index in [1.165, 1.54) is 22.8 Å². The zero-order valence-corrected chi connectivity index (χ0v) is 19.0. The van der Waals surface area contributed by atoms with Crippen molar-refractivity contribution < 1.29 is 13.5 Å². The molecule has 8 heteroatoms. The van der Waals surface area contributed by atoms with Gasteiger partial charge in [-0.25, -0.2) is 23.7 Å². The van der Waals surface area contributed by atoms with Gasteiger partial charge in [0.2, 0.25) is 5.56 Å². The summed E-state index contributed by atoms with van der Waals surface area (Å²) in [5.41, 5.74) is 5.27. The van der Waals surface area contributed by atoms with Crippen LogP contribution in [0.2, 0.25) is 0 Å². The lowest BCUT2D eigenvalue weighted by Crippen LogP contribution is -2.18. The van der Waals surface area contributed by atoms with Crippen LogP contribution >= 0.6 is 0 Å². The molecule has 0 radical (unpaired) electrons. The average molecular weight is 460 g/mol. The Kier molecular flexibility index (Phi) is 5.53. The zero-order chi connectivity index (χ0) is 24.0. The molecule has 0 amide bonds. The van der Waals surface area contributed by atoms with Gasteiger partial charge in [-0.05, 0) is 56.2 Å². The second kappa shape index (κ2) is 8.53. The molecule has 172 valence electrons. The summed E-state index contributed by atoms with van der Waals surface area (Å²) in [4.78, 5) is 25.8. The summed E-state index contributed by atoms with van der Waals surface area (Å²) in [6, 6.07) is 8.51. The van der Waals surface area contributed by atoms with Gasteiger partial charge < -0.3 is 9.30 Å². The average Bonchev–Trinajstić information content (AvgIpc) is 2.81. The van der Waals surface area contributed by atoms with Crippen LogP contribution in [0.25, 0.3) is 27.9 Å². The van der Waals surface area contributed by atoms with Crippen molar-refractivity contribution in [2.45, 2.75) is 26.4 Å². The molecule has 0 aliphatic carbocycles. The van der Waals surface area contributed by atoms with E-state index in [0.29, 0.717) is 41.1 Å². The van der Waals surface area contributed by atoms with E-state index >= 15 is 0 Å². The molecule has 5 rings (SSSR count). The predicted molar refractivity (Wildman–Crippen MR) is 125 cm³/mol. The lowest BCUT2D eigenvalue weighted by Gasteiger charge is -2.23. The molecule has 1 aromatic carbocycles. The molecule has 0 spiro atoms. The maximum atomic E-state index is 14.8. The summed E-state index contributed by atoms with van der Waals surface area (Å²) in [5.74, 6) is -1.37. The predicted octanol–water partition coefficient (Wildman–Crippen LogP) is 4.83. The van der Waals surface area contributed by atoms with Crippen molar-refractivity contribution in [1.29, 1.82) is 0 Å². The minimum Gasteiger partial charge on any atom is -0.369 e. The first-order valence-electron chi connectivity index (χ1n) is 10.9. The first-order chi connectivity index (χ1) is 16.3. The molecule has 1 aliphatic rings. The van der Waals surface area contributed by atoms with E-state index in [9.17, 15) is 13.6 Å². The van der Waals surface area contributed by atoms with Crippen molar-refractivity contribution in [2.75, 3.05) is 6.61 Å². The highest BCUT2D eigenvalue weighted by Crippen LogP contribution is 2.34. The van der Waals surface area contributed by atoms with E-state index in [1.54, 1.807) is 19.3 Å². The molecule has 3 aromatic heterocycles. The van der Waals surface area contributed by atoms with Crippen LogP contribution in [0.15, 0.2) is 53.5 Å². The zero-order valence-electron chi connectivity index (χ0n) is 19.0. The Labute approximate surface area is 194 Å². The first-order valence-corrected chi connectivity index (χ1v) is 10.9. The van der Waals surface area contributed by atoms with Crippen molar-refractivity contribution in [3.05, 3.63) is 93.3 Å². The molecule has 34 heavy (non-hydrogen) atoms. The summed E-state index contributed by atoms with van der Waals surface area (Å²) in [6.07, 6.45) is 3.95. The quantitative estimate of drug-likeness (QED) is 0.438. The largest absolute Gasteiger partial charge is 0.369 e. The molecule has 0 bridgehead atoms. The van der Waals surface area contributed by atoms with Crippen LogP contribution in [-0.4, -0.2) is 26.1 Å². The Balaban J connectivity index is 1.69. The van der Waals surface area contributed by atoms with E-state index in [4.69, 9.17) is 9.72 Å². The van der Waals surface area contributed by atoms with Crippen LogP contribution in [0.4, 0.5) is 8.78 Å². The first kappa shape index (κ1) is 22.0. The summed E-state index contributed by atoms with van der Waals surface area (Å²) in [5, 5.41) is 0. The number of halogens is 2. The maximum Gasteiger partial charge on any atom is 0.250 e. The Morgan fingerprint density at radius 1 is 1.03 bits per heavy atom. The van der Waals surface area contributed by atoms with Crippen LogP contribution < -0.4 is 5.56 Å². The Morgan fingerprint density at radius 3 is 2.59 bits per heavy atom. The molecule has 1 aliphatic heterocycles. The van der Waals surface area contributed by atoms with Gasteiger partial charge in [-0.3, -0.25) is 4.79 Å². The molecular weight excluding hydrogens is 438 g/mol. The third-order valence-electron chi connectivity index (χ3n) is 6.04. The maximum absolute atomic E-state index is 14.8. The van der Waals surface area contributed by atoms with Gasteiger partial charge in [-0.2, -0.15) is 0 Å². The molecule has 0 N–H and O–H groups in total. The summed E-state index contributed by atoms with van der Waals surface area (Å²) >= 11 is 0. The Bertz CT molecular complexity index is 1530. The van der Waals surface area contributed by atoms with Gasteiger partial charge in [-0.15, -0.1) is 0 Å². The van der Waals surface area contributed by atoms with Crippen LogP contribution in [0.5, 0.6) is 0 Å². The van der Waals surface area contributed by atoms with E-state index < -0.39 is 11.6 Å². The van der Waals surface area contributed by atoms with Gasteiger partial charge >= 0.3 is 0 Å². The highest BCUT2D eigenvalue weighted by molar-refractivity contribution is 5.91. The fraction of sp³-hybridized carbons (Fsp3) is 0.231. The second-order valence-corrected chi connectivity index (χ2v) is 8.39. The number of hydrogen-bond acceptors (Lipinski definition) is 5. The third kappa shape index (κ3) is 4.01. The number of aryl methyl sites for hydroxylation is 3. The number of benzene rings is 1. The summed E-state index contributed by atoms with van der Waals surface area (Å²) in [6.45, 7) is 4.15. The molecule has 4 aromatic rings. The lowest BCUT2D eigenvalue weighted by molar-refractivity contribution is 0.0822. The van der Waals surface area contributed by atoms with E-state index in [1.807, 2.05) is 26.0 Å². The topological polar surface area (TPSA) is 69.9 Å². The van der Waals surface area contributed by atoms with Crippen LogP contribution in [-0.2, 0) is 11.8 Å². The minimum atomic E-state index is -0.713. The number of fused-ring (bicyclic) bond motifs is 1. The Hall–Kier alpha value is -3.78. The normalized spacial score (nSPS) is 16.0. The van der Waals surface area contributed by atoms with E-state index in [2.05, 4.69) is 9.97 Å². The molecule has 4 heterocycles. The van der Waals surface area contributed by atoms with Gasteiger partial charge in [-0.1, -0.05) is 0 Å². The molecule has 1 atom stereocenters. The van der Waals surface area contributed by atoms with Gasteiger partial charge in [0.15, 0.2) is 0 Å². The van der Waals surface area contributed by atoms with E-state index in [0.717, 1.165) is 22.9 Å². The number of ether oxygens (including phenoxy) is 1. The number of pyridine rings is 2. The molecule has 0 saturated heterocycles. The van der Waals surface area contributed by atoms with Crippen molar-refractivity contribution in [1.82, 2.24) is 19.5 Å². The molecule has 0 fully saturated rings. The molecular formula is C26H22F2N4O2. The monoisotopic (exact) mass is 460 g/mol. The van der Waals surface area contributed by atoms with Crippen molar-refractivity contribution >= 4 is 16.6 Å². The number of rotatable bonds is 3. The van der Waals surface area contributed by atoms with Crippen LogP contribution in [0, 0.1) is 25.5 Å². The highest BCUT2D eigenvalue weighted by Gasteiger charge is 2.22. The molecule has 0 saturated carbocycles. The van der Waals surface area contributed by atoms with Gasteiger partial charge in [0.05, 0.1) is 29.2 Å². The van der Waals surface area contributed by atoms with Gasteiger partial charge in [0.25, 0.3) is 0 Å². The standard InChI is InChI=1S/C26H22F2N4O2/c1-14-15(2)30-26-22(29-14)12-21(31-25(26)19-6-5-18(27)11-20(19)28)16-8-9-34-23(10-16)17-4-7-24(33)32(3)13-17/h4-7,10-13,23H,8-9H2,1-3H3. The number of hydrogen-bond donors (Lipinski definition) is 0. The highest BCUT2D eigenvalue weighted by atomic mass is 19.1. The van der Waals surface area contributed by atoms with E-state index in [-0.39, 0.29) is 17.2 Å². The Morgan fingerprint density at radius 2 is 1.82 bits per heavy atom. The minimum absolute atomic E-state index is 0.102. The summed E-state index contributed by atoms with van der Waals surface area (Å²) < 4.78 is 35.8. The molecule has 6 nitrogen and oxygen atoms in total. The number of nitrogens with zero attached hydrogens (tertiary/aromatic N) is 4. The smallest absolute Gasteiger partial charge is 0.250 e. The SMILES string of the molecule is Cc1nc2cc(C3=CC(c4ccc(=O)n(C)c4)OCC3)nc(-c3ccc(F)cc3F)c2nc1C. The van der Waals surface area contributed by atoms with Crippen LogP contribution in [0.1, 0.15) is 35.2 Å². The van der Waals surface area contributed by atoms with Crippen LogP contribution in [0.3, 0.4) is 0 Å². The van der Waals surface area contributed by atoms with Gasteiger partial charge in [0, 0.05) is 36.5 Å².